The number of nitrogens with zero attached hydrogens (tertiary/aromatic N) is 1. The van der Waals surface area contributed by atoms with Crippen molar-refractivity contribution in [3.63, 3.8) is 0 Å². The summed E-state index contributed by atoms with van der Waals surface area (Å²) in [6.07, 6.45) is 6.55. The van der Waals surface area contributed by atoms with Crippen LogP contribution in [0.3, 0.4) is 0 Å². The van der Waals surface area contributed by atoms with E-state index in [1.54, 1.807) is 0 Å². The monoisotopic (exact) mass is 268 g/mol. The topological polar surface area (TPSA) is 49.5 Å². The first kappa shape index (κ1) is 15.3. The maximum absolute atomic E-state index is 11.2. The maximum Gasteiger partial charge on any atom is 0.0740 e. The van der Waals surface area contributed by atoms with Crippen LogP contribution in [0.15, 0.2) is 0 Å². The highest BCUT2D eigenvalue weighted by molar-refractivity contribution is 5.06. The van der Waals surface area contributed by atoms with Crippen molar-refractivity contribution in [2.24, 2.45) is 17.1 Å². The van der Waals surface area contributed by atoms with E-state index in [1.807, 2.05) is 0 Å². The molecule has 2 atom stereocenters. The van der Waals surface area contributed by atoms with E-state index < -0.39 is 5.60 Å². The molecule has 1 aliphatic heterocycles. The number of likely N-dealkylation sites (tertiary alicyclic amines) is 1. The van der Waals surface area contributed by atoms with E-state index in [0.29, 0.717) is 12.6 Å². The first-order valence-corrected chi connectivity index (χ1v) is 8.13. The Morgan fingerprint density at radius 3 is 2.32 bits per heavy atom. The quantitative estimate of drug-likeness (QED) is 0.823. The first-order valence-electron chi connectivity index (χ1n) is 8.13. The average Bonchev–Trinajstić information content (AvgIpc) is 2.84. The second kappa shape index (κ2) is 5.71. The summed E-state index contributed by atoms with van der Waals surface area (Å²) in [5.41, 5.74) is 5.60. The van der Waals surface area contributed by atoms with Gasteiger partial charge in [-0.3, -0.25) is 0 Å². The fourth-order valence-corrected chi connectivity index (χ4v) is 4.32. The molecule has 1 aliphatic carbocycles. The summed E-state index contributed by atoms with van der Waals surface area (Å²) in [6, 6.07) is 0.588. The minimum absolute atomic E-state index is 0.00323. The largest absolute Gasteiger partial charge is 0.389 e. The van der Waals surface area contributed by atoms with Crippen LogP contribution >= 0.6 is 0 Å². The molecule has 0 radical (unpaired) electrons. The molecule has 0 spiro atoms. The van der Waals surface area contributed by atoms with Gasteiger partial charge in [0, 0.05) is 31.1 Å². The molecule has 1 heterocycles. The SMILES string of the molecule is CCC1CCC(CN)(C2(O)CCN(C(C)C)CC2)C1. The highest BCUT2D eigenvalue weighted by Crippen LogP contribution is 2.52. The highest BCUT2D eigenvalue weighted by atomic mass is 16.3. The Bertz CT molecular complexity index is 297. The molecule has 0 aromatic rings. The van der Waals surface area contributed by atoms with Gasteiger partial charge in [0.05, 0.1) is 5.60 Å². The molecule has 19 heavy (non-hydrogen) atoms. The molecule has 0 bridgehead atoms. The van der Waals surface area contributed by atoms with E-state index >= 15 is 0 Å². The number of nitrogens with two attached hydrogens (primary N) is 1. The molecule has 112 valence electrons. The number of hydrogen-bond donors (Lipinski definition) is 2. The van der Waals surface area contributed by atoms with Gasteiger partial charge in [0.25, 0.3) is 0 Å². The van der Waals surface area contributed by atoms with Gasteiger partial charge in [0.2, 0.25) is 0 Å². The lowest BCUT2D eigenvalue weighted by Crippen LogP contribution is -2.57. The Morgan fingerprint density at radius 2 is 1.89 bits per heavy atom. The summed E-state index contributed by atoms with van der Waals surface area (Å²) in [7, 11) is 0. The van der Waals surface area contributed by atoms with Crippen molar-refractivity contribution in [2.45, 2.75) is 70.9 Å². The summed E-state index contributed by atoms with van der Waals surface area (Å²) in [5, 5.41) is 11.2. The summed E-state index contributed by atoms with van der Waals surface area (Å²) in [4.78, 5) is 2.48. The Balaban J connectivity index is 2.07. The zero-order chi connectivity index (χ0) is 14.1. The molecule has 1 saturated heterocycles. The lowest BCUT2D eigenvalue weighted by molar-refractivity contribution is -0.120. The zero-order valence-electron chi connectivity index (χ0n) is 13.0. The molecule has 1 saturated carbocycles. The fraction of sp³-hybridized carbons (Fsp3) is 1.00. The van der Waals surface area contributed by atoms with Gasteiger partial charge in [-0.1, -0.05) is 13.3 Å². The molecule has 2 unspecified atom stereocenters. The molecule has 0 aromatic heterocycles. The number of rotatable bonds is 4. The number of piperidine rings is 1. The van der Waals surface area contributed by atoms with E-state index in [1.165, 1.54) is 12.8 Å². The van der Waals surface area contributed by atoms with Crippen molar-refractivity contribution in [1.29, 1.82) is 0 Å². The van der Waals surface area contributed by atoms with Crippen LogP contribution in [0.4, 0.5) is 0 Å². The predicted molar refractivity (Wildman–Crippen MR) is 80.0 cm³/mol. The summed E-state index contributed by atoms with van der Waals surface area (Å²) in [6.45, 7) is 9.45. The Labute approximate surface area is 118 Å². The summed E-state index contributed by atoms with van der Waals surface area (Å²) >= 11 is 0. The molecule has 3 N–H and O–H groups in total. The van der Waals surface area contributed by atoms with E-state index in [9.17, 15) is 5.11 Å². The smallest absolute Gasteiger partial charge is 0.0740 e. The van der Waals surface area contributed by atoms with Crippen molar-refractivity contribution < 1.29 is 5.11 Å². The zero-order valence-corrected chi connectivity index (χ0v) is 13.0. The van der Waals surface area contributed by atoms with Crippen molar-refractivity contribution in [3.8, 4) is 0 Å². The normalized spacial score (nSPS) is 36.0. The van der Waals surface area contributed by atoms with Crippen molar-refractivity contribution in [2.75, 3.05) is 19.6 Å². The van der Waals surface area contributed by atoms with Gasteiger partial charge < -0.3 is 15.7 Å². The summed E-state index contributed by atoms with van der Waals surface area (Å²) in [5.74, 6) is 0.774. The van der Waals surface area contributed by atoms with E-state index in [-0.39, 0.29) is 5.41 Å². The standard InChI is InChI=1S/C16H32N2O/c1-4-14-5-6-15(11-14,12-17)16(19)7-9-18(10-8-16)13(2)3/h13-14,19H,4-12,17H2,1-3H3. The van der Waals surface area contributed by atoms with Gasteiger partial charge in [-0.2, -0.15) is 0 Å². The third-order valence-electron chi connectivity index (χ3n) is 6.02. The minimum Gasteiger partial charge on any atom is -0.389 e. The van der Waals surface area contributed by atoms with E-state index in [2.05, 4.69) is 25.7 Å². The van der Waals surface area contributed by atoms with Crippen molar-refractivity contribution in [3.05, 3.63) is 0 Å². The molecule has 0 amide bonds. The molecule has 2 rings (SSSR count). The van der Waals surface area contributed by atoms with Gasteiger partial charge in [0.15, 0.2) is 0 Å². The molecule has 0 aromatic carbocycles. The van der Waals surface area contributed by atoms with Crippen LogP contribution in [0, 0.1) is 11.3 Å². The van der Waals surface area contributed by atoms with Gasteiger partial charge in [-0.15, -0.1) is 0 Å². The molecule has 3 nitrogen and oxygen atoms in total. The predicted octanol–water partition coefficient (Wildman–Crippen LogP) is 2.38. The van der Waals surface area contributed by atoms with Crippen LogP contribution < -0.4 is 5.73 Å². The molecule has 3 heteroatoms. The van der Waals surface area contributed by atoms with Crippen molar-refractivity contribution in [1.82, 2.24) is 4.90 Å². The molecular weight excluding hydrogens is 236 g/mol. The lowest BCUT2D eigenvalue weighted by Gasteiger charge is -2.50. The second-order valence-electron chi connectivity index (χ2n) is 7.16. The van der Waals surface area contributed by atoms with Gasteiger partial charge in [-0.05, 0) is 51.9 Å². The highest BCUT2D eigenvalue weighted by Gasteiger charge is 2.53. The van der Waals surface area contributed by atoms with Crippen molar-refractivity contribution >= 4 is 0 Å². The second-order valence-corrected chi connectivity index (χ2v) is 7.16. The third-order valence-corrected chi connectivity index (χ3v) is 6.02. The van der Waals surface area contributed by atoms with E-state index in [0.717, 1.165) is 44.7 Å². The third kappa shape index (κ3) is 2.70. The number of aliphatic hydroxyl groups is 1. The maximum atomic E-state index is 11.2. The van der Waals surface area contributed by atoms with Crippen LogP contribution in [0.1, 0.15) is 59.3 Å². The molecular formula is C16H32N2O. The Hall–Kier alpha value is -0.120. The first-order chi connectivity index (χ1) is 8.96. The van der Waals surface area contributed by atoms with Gasteiger partial charge in [0.1, 0.15) is 0 Å². The number of hydrogen-bond acceptors (Lipinski definition) is 3. The fourth-order valence-electron chi connectivity index (χ4n) is 4.32. The van der Waals surface area contributed by atoms with Gasteiger partial charge >= 0.3 is 0 Å². The van der Waals surface area contributed by atoms with Gasteiger partial charge in [-0.25, -0.2) is 0 Å². The van der Waals surface area contributed by atoms with Crippen LogP contribution in [0.25, 0.3) is 0 Å². The average molecular weight is 268 g/mol. The van der Waals surface area contributed by atoms with Crippen LogP contribution in [-0.4, -0.2) is 41.3 Å². The minimum atomic E-state index is -0.517. The van der Waals surface area contributed by atoms with Crippen LogP contribution in [0.5, 0.6) is 0 Å². The van der Waals surface area contributed by atoms with E-state index in [4.69, 9.17) is 5.73 Å². The molecule has 2 fully saturated rings. The Morgan fingerprint density at radius 1 is 1.26 bits per heavy atom. The lowest BCUT2D eigenvalue weighted by atomic mass is 9.65. The van der Waals surface area contributed by atoms with Crippen LogP contribution in [-0.2, 0) is 0 Å². The molecule has 2 aliphatic rings. The van der Waals surface area contributed by atoms with Crippen LogP contribution in [0.2, 0.25) is 0 Å². The summed E-state index contributed by atoms with van der Waals surface area (Å²) < 4.78 is 0. The Kier molecular flexibility index (Phi) is 4.59.